The Morgan fingerprint density at radius 1 is 0.615 bits per heavy atom. The maximum Gasteiger partial charge on any atom is 0.162 e. The van der Waals surface area contributed by atoms with Gasteiger partial charge in [-0.25, -0.2) is 0 Å². The fourth-order valence-corrected chi connectivity index (χ4v) is 10.6. The van der Waals surface area contributed by atoms with Crippen molar-refractivity contribution in [3.05, 3.63) is 48.5 Å². The summed E-state index contributed by atoms with van der Waals surface area (Å²) in [4.78, 5) is 0. The Bertz CT molecular complexity index is 750. The number of rotatable bonds is 1. The van der Waals surface area contributed by atoms with Gasteiger partial charge in [-0.05, 0) is 38.3 Å². The van der Waals surface area contributed by atoms with Crippen molar-refractivity contribution in [2.75, 3.05) is 0 Å². The highest BCUT2D eigenvalue weighted by Gasteiger charge is 2.53. The second-order valence-corrected chi connectivity index (χ2v) is 15.2. The molecule has 0 spiro atoms. The van der Waals surface area contributed by atoms with Crippen LogP contribution in [0.4, 0.5) is 0 Å². The Morgan fingerprint density at radius 3 is 1.31 bits per heavy atom. The zero-order valence-corrected chi connectivity index (χ0v) is 18.3. The molecule has 0 saturated heterocycles. The molecule has 0 fully saturated rings. The third kappa shape index (κ3) is 2.96. The van der Waals surface area contributed by atoms with Gasteiger partial charge in [0.1, 0.15) is 11.5 Å². The largest absolute Gasteiger partial charge is 0.481 e. The molecule has 2 heterocycles. The molecule has 26 heavy (non-hydrogen) atoms. The lowest BCUT2D eigenvalue weighted by molar-refractivity contribution is 0.171. The van der Waals surface area contributed by atoms with Gasteiger partial charge in [-0.3, -0.25) is 0 Å². The summed E-state index contributed by atoms with van der Waals surface area (Å²) in [5.41, 5.74) is 0. The number of fused-ring (bicyclic) bond motifs is 2. The van der Waals surface area contributed by atoms with Gasteiger partial charge in [-0.15, -0.1) is 0 Å². The summed E-state index contributed by atoms with van der Waals surface area (Å²) in [6.07, 6.45) is 0. The minimum Gasteiger partial charge on any atom is -0.481 e. The van der Waals surface area contributed by atoms with Crippen LogP contribution in [0.2, 0.25) is 0 Å². The van der Waals surface area contributed by atoms with Gasteiger partial charge in [-0.2, -0.15) is 0 Å². The average Bonchev–Trinajstić information content (AvgIpc) is 3.12. The molecule has 0 saturated carbocycles. The zero-order valence-electron chi connectivity index (χ0n) is 16.5. The molecule has 138 valence electrons. The molecule has 4 atom stereocenters. The van der Waals surface area contributed by atoms with Crippen LogP contribution in [0.15, 0.2) is 48.5 Å². The lowest BCUT2D eigenvalue weighted by atomic mass is 10.3. The van der Waals surface area contributed by atoms with Crippen LogP contribution < -0.4 is 20.1 Å². The Balaban J connectivity index is 1.80. The smallest absolute Gasteiger partial charge is 0.162 e. The van der Waals surface area contributed by atoms with E-state index >= 15 is 0 Å². The van der Waals surface area contributed by atoms with Crippen LogP contribution in [-0.2, 0) is 0 Å². The fraction of sp³-hybridized carbons (Fsp3) is 0.455. The second-order valence-electron chi connectivity index (χ2n) is 9.03. The lowest BCUT2D eigenvalue weighted by Gasteiger charge is -2.39. The molecule has 0 aliphatic carbocycles. The van der Waals surface area contributed by atoms with E-state index in [2.05, 4.69) is 90.1 Å². The molecule has 0 N–H and O–H groups in total. The first kappa shape index (κ1) is 18.3. The van der Waals surface area contributed by atoms with E-state index in [-0.39, 0.29) is 22.0 Å². The molecular formula is C22H28O2P2. The molecule has 4 rings (SSSR count). The van der Waals surface area contributed by atoms with Gasteiger partial charge in [0.05, 0.1) is 0 Å². The molecule has 0 bridgehead atoms. The third-order valence-corrected chi connectivity index (χ3v) is 11.6. The number of para-hydroxylation sites is 2. The maximum atomic E-state index is 6.61. The summed E-state index contributed by atoms with van der Waals surface area (Å²) in [6, 6.07) is 17.2. The minimum absolute atomic E-state index is 0.111. The molecule has 0 amide bonds. The molecule has 2 aromatic carbocycles. The maximum absolute atomic E-state index is 6.61. The van der Waals surface area contributed by atoms with Crippen LogP contribution in [0.25, 0.3) is 0 Å². The molecule has 0 aromatic heterocycles. The van der Waals surface area contributed by atoms with Crippen LogP contribution in [0.3, 0.4) is 0 Å². The van der Waals surface area contributed by atoms with Crippen molar-refractivity contribution in [2.24, 2.45) is 0 Å². The van der Waals surface area contributed by atoms with Crippen LogP contribution in [0.5, 0.6) is 11.5 Å². The Kier molecular flexibility index (Phi) is 4.37. The molecular weight excluding hydrogens is 358 g/mol. The summed E-state index contributed by atoms with van der Waals surface area (Å²) < 4.78 is 13.2. The van der Waals surface area contributed by atoms with E-state index in [9.17, 15) is 0 Å². The summed E-state index contributed by atoms with van der Waals surface area (Å²) in [5, 5.41) is 3.12. The number of hydrogen-bond donors (Lipinski definition) is 0. The quantitative estimate of drug-likeness (QED) is 0.591. The second kappa shape index (κ2) is 6.22. The first-order valence-corrected chi connectivity index (χ1v) is 12.1. The van der Waals surface area contributed by atoms with E-state index in [4.69, 9.17) is 9.47 Å². The number of benzene rings is 2. The van der Waals surface area contributed by atoms with Gasteiger partial charge < -0.3 is 9.47 Å². The van der Waals surface area contributed by atoms with E-state index in [0.717, 1.165) is 11.5 Å². The predicted octanol–water partition coefficient (Wildman–Crippen LogP) is 5.64. The van der Waals surface area contributed by atoms with E-state index in [0.29, 0.717) is 0 Å². The Hall–Kier alpha value is -1.10. The van der Waals surface area contributed by atoms with Gasteiger partial charge in [-0.1, -0.05) is 77.9 Å². The van der Waals surface area contributed by atoms with Gasteiger partial charge >= 0.3 is 0 Å². The normalized spacial score (nSPS) is 27.5. The van der Waals surface area contributed by atoms with Crippen LogP contribution >= 0.6 is 15.8 Å². The van der Waals surface area contributed by atoms with Gasteiger partial charge in [0.25, 0.3) is 0 Å². The molecule has 2 aromatic rings. The fourth-order valence-electron chi connectivity index (χ4n) is 4.01. The Morgan fingerprint density at radius 2 is 0.962 bits per heavy atom. The lowest BCUT2D eigenvalue weighted by Crippen LogP contribution is -2.37. The highest BCUT2D eigenvalue weighted by Crippen LogP contribution is 2.67. The topological polar surface area (TPSA) is 18.5 Å². The molecule has 2 aliphatic rings. The van der Waals surface area contributed by atoms with Crippen molar-refractivity contribution < 1.29 is 9.47 Å². The number of ether oxygens (including phenoxy) is 2. The summed E-state index contributed by atoms with van der Waals surface area (Å²) in [7, 11) is -0.968. The first-order chi connectivity index (χ1) is 12.2. The minimum atomic E-state index is -0.484. The van der Waals surface area contributed by atoms with Crippen molar-refractivity contribution in [3.8, 4) is 11.5 Å². The molecule has 0 radical (unpaired) electrons. The van der Waals surface area contributed by atoms with E-state index in [1.807, 2.05) is 0 Å². The summed E-state index contributed by atoms with van der Waals surface area (Å²) in [5.74, 6) is 2.34. The van der Waals surface area contributed by atoms with Gasteiger partial charge in [0.15, 0.2) is 11.7 Å². The van der Waals surface area contributed by atoms with Crippen molar-refractivity contribution in [1.29, 1.82) is 0 Å². The van der Waals surface area contributed by atoms with Crippen LogP contribution in [0.1, 0.15) is 41.5 Å². The highest BCUT2D eigenvalue weighted by atomic mass is 31.1. The van der Waals surface area contributed by atoms with Crippen molar-refractivity contribution in [1.82, 2.24) is 0 Å². The van der Waals surface area contributed by atoms with E-state index < -0.39 is 15.8 Å². The number of hydrogen-bond acceptors (Lipinski definition) is 2. The zero-order chi connectivity index (χ0) is 18.7. The monoisotopic (exact) mass is 386 g/mol. The summed E-state index contributed by atoms with van der Waals surface area (Å²) in [6.45, 7) is 14.1. The Labute approximate surface area is 159 Å². The van der Waals surface area contributed by atoms with Crippen LogP contribution in [0, 0.1) is 0 Å². The molecule has 2 nitrogen and oxygen atoms in total. The SMILES string of the molecule is CC(C)(C)P1c2ccccc2O[C@@H]1[C@H]1Oc2ccccc2P1C(C)(C)C. The predicted molar refractivity (Wildman–Crippen MR) is 114 cm³/mol. The van der Waals surface area contributed by atoms with E-state index in [1.165, 1.54) is 10.6 Å². The molecule has 2 aliphatic heterocycles. The van der Waals surface area contributed by atoms with Crippen molar-refractivity contribution >= 4 is 26.5 Å². The van der Waals surface area contributed by atoms with Crippen molar-refractivity contribution in [3.63, 3.8) is 0 Å². The highest BCUT2D eigenvalue weighted by molar-refractivity contribution is 7.72. The standard InChI is InChI=1S/C22H28O2P2/c1-21(2,3)25-17-13-9-7-11-15(17)23-19(25)20-24-16-12-8-10-14-18(16)26(20)22(4,5)6/h7-14,19-20H,1-6H3/t19-,20-,25?,26?/m0/s1. The van der Waals surface area contributed by atoms with E-state index in [1.54, 1.807) is 0 Å². The van der Waals surface area contributed by atoms with Gasteiger partial charge in [0.2, 0.25) is 0 Å². The summed E-state index contributed by atoms with van der Waals surface area (Å²) >= 11 is 0. The first-order valence-electron chi connectivity index (χ1n) is 9.28. The van der Waals surface area contributed by atoms with Crippen LogP contribution in [-0.4, -0.2) is 22.0 Å². The third-order valence-electron chi connectivity index (χ3n) is 4.94. The van der Waals surface area contributed by atoms with Gasteiger partial charge in [0, 0.05) is 10.6 Å². The molecule has 4 heteroatoms. The van der Waals surface area contributed by atoms with Crippen molar-refractivity contribution in [2.45, 2.75) is 63.5 Å². The molecule has 2 unspecified atom stereocenters. The average molecular weight is 386 g/mol.